The van der Waals surface area contributed by atoms with Gasteiger partial charge in [-0.1, -0.05) is 44.2 Å². The van der Waals surface area contributed by atoms with Crippen LogP contribution in [0.3, 0.4) is 0 Å². The predicted molar refractivity (Wildman–Crippen MR) is 111 cm³/mol. The van der Waals surface area contributed by atoms with Crippen LogP contribution in [-0.4, -0.2) is 47.6 Å². The number of esters is 1. The van der Waals surface area contributed by atoms with E-state index in [9.17, 15) is 14.4 Å². The van der Waals surface area contributed by atoms with Gasteiger partial charge in [0.2, 0.25) is 5.91 Å². The zero-order chi connectivity index (χ0) is 22.2. The Morgan fingerprint density at radius 2 is 1.66 bits per heavy atom. The van der Waals surface area contributed by atoms with Crippen molar-refractivity contribution < 1.29 is 23.9 Å². The van der Waals surface area contributed by atoms with E-state index in [0.717, 1.165) is 5.56 Å². The summed E-state index contributed by atoms with van der Waals surface area (Å²) in [6.45, 7) is 10.9. The van der Waals surface area contributed by atoms with E-state index < -0.39 is 35.7 Å². The molecule has 0 saturated heterocycles. The Kier molecular flexibility index (Phi) is 9.14. The van der Waals surface area contributed by atoms with Crippen LogP contribution in [0.1, 0.15) is 53.5 Å². The third kappa shape index (κ3) is 8.98. The number of amides is 2. The molecule has 0 aliphatic carbocycles. The van der Waals surface area contributed by atoms with Crippen LogP contribution in [0, 0.1) is 5.92 Å². The van der Waals surface area contributed by atoms with Crippen LogP contribution in [0.5, 0.6) is 0 Å². The minimum Gasteiger partial charge on any atom is -0.458 e. The molecule has 1 rings (SSSR count). The largest absolute Gasteiger partial charge is 0.458 e. The summed E-state index contributed by atoms with van der Waals surface area (Å²) in [6.07, 6.45) is -0.163. The Bertz CT molecular complexity index is 682. The molecule has 0 aromatic heterocycles. The lowest BCUT2D eigenvalue weighted by atomic mass is 10.0. The smallest absolute Gasteiger partial charge is 0.410 e. The highest BCUT2D eigenvalue weighted by atomic mass is 16.6. The molecule has 0 radical (unpaired) electrons. The lowest BCUT2D eigenvalue weighted by molar-refractivity contribution is -0.158. The molecule has 0 bridgehead atoms. The van der Waals surface area contributed by atoms with Gasteiger partial charge in [0.15, 0.2) is 0 Å². The van der Waals surface area contributed by atoms with E-state index in [4.69, 9.17) is 9.47 Å². The van der Waals surface area contributed by atoms with Crippen LogP contribution in [0.2, 0.25) is 0 Å². The van der Waals surface area contributed by atoms with Crippen LogP contribution in [0.25, 0.3) is 0 Å². The summed E-state index contributed by atoms with van der Waals surface area (Å²) in [6, 6.07) is 7.72. The summed E-state index contributed by atoms with van der Waals surface area (Å²) in [4.78, 5) is 38.7. The number of likely N-dealkylation sites (N-methyl/N-ethyl adjacent to an activating group) is 1. The third-order valence-corrected chi connectivity index (χ3v) is 4.08. The number of benzene rings is 1. The molecule has 0 saturated carbocycles. The molecule has 2 atom stereocenters. The van der Waals surface area contributed by atoms with E-state index in [1.807, 2.05) is 44.2 Å². The standard InChI is InChI=1S/C22H34N2O5/c1-15(2)13-18(19(25)23-16(3)20(26)29-22(4,5)6)24(7)21(27)28-14-17-11-9-8-10-12-17/h8-12,15-16,18H,13-14H2,1-7H3,(H,23,25)/t16-,18-/m0/s1. The van der Waals surface area contributed by atoms with Crippen molar-refractivity contribution in [1.82, 2.24) is 10.2 Å². The van der Waals surface area contributed by atoms with Gasteiger partial charge in [-0.25, -0.2) is 9.59 Å². The lowest BCUT2D eigenvalue weighted by Crippen LogP contribution is -2.52. The van der Waals surface area contributed by atoms with Crippen LogP contribution in [0.4, 0.5) is 4.79 Å². The third-order valence-electron chi connectivity index (χ3n) is 4.08. The molecule has 2 amide bonds. The first kappa shape index (κ1) is 24.5. The molecule has 1 aromatic rings. The number of rotatable bonds is 8. The maximum Gasteiger partial charge on any atom is 0.410 e. The van der Waals surface area contributed by atoms with Crippen molar-refractivity contribution >= 4 is 18.0 Å². The number of ether oxygens (including phenoxy) is 2. The number of hydrogen-bond acceptors (Lipinski definition) is 5. The van der Waals surface area contributed by atoms with E-state index >= 15 is 0 Å². The monoisotopic (exact) mass is 406 g/mol. The molecule has 0 heterocycles. The highest BCUT2D eigenvalue weighted by molar-refractivity contribution is 5.89. The first-order chi connectivity index (χ1) is 13.4. The number of carbonyl (C=O) groups is 3. The van der Waals surface area contributed by atoms with Crippen molar-refractivity contribution in [2.24, 2.45) is 5.92 Å². The molecule has 0 spiro atoms. The Hall–Kier alpha value is -2.57. The highest BCUT2D eigenvalue weighted by Crippen LogP contribution is 2.14. The van der Waals surface area contributed by atoms with Crippen LogP contribution in [-0.2, 0) is 25.7 Å². The van der Waals surface area contributed by atoms with Gasteiger partial charge in [-0.15, -0.1) is 0 Å². The van der Waals surface area contributed by atoms with Crippen molar-refractivity contribution in [2.75, 3.05) is 7.05 Å². The Labute approximate surface area is 173 Å². The molecule has 1 aromatic carbocycles. The van der Waals surface area contributed by atoms with Crippen molar-refractivity contribution in [3.63, 3.8) is 0 Å². The normalized spacial score (nSPS) is 13.4. The van der Waals surface area contributed by atoms with Gasteiger partial charge < -0.3 is 14.8 Å². The van der Waals surface area contributed by atoms with Crippen molar-refractivity contribution in [3.05, 3.63) is 35.9 Å². The molecule has 29 heavy (non-hydrogen) atoms. The zero-order valence-corrected chi connectivity index (χ0v) is 18.5. The van der Waals surface area contributed by atoms with Gasteiger partial charge in [-0.05, 0) is 45.6 Å². The second-order valence-electron chi connectivity index (χ2n) is 8.56. The fraction of sp³-hybridized carbons (Fsp3) is 0.591. The first-order valence-electron chi connectivity index (χ1n) is 9.87. The van der Waals surface area contributed by atoms with Crippen LogP contribution >= 0.6 is 0 Å². The maximum atomic E-state index is 12.8. The van der Waals surface area contributed by atoms with Gasteiger partial charge >= 0.3 is 12.1 Å². The van der Waals surface area contributed by atoms with E-state index in [1.165, 1.54) is 11.9 Å². The fourth-order valence-electron chi connectivity index (χ4n) is 2.59. The Morgan fingerprint density at radius 3 is 2.17 bits per heavy atom. The van der Waals surface area contributed by atoms with E-state index in [0.29, 0.717) is 6.42 Å². The van der Waals surface area contributed by atoms with Crippen LogP contribution < -0.4 is 5.32 Å². The number of hydrogen-bond donors (Lipinski definition) is 1. The summed E-state index contributed by atoms with van der Waals surface area (Å²) in [5.41, 5.74) is 0.212. The van der Waals surface area contributed by atoms with E-state index in [2.05, 4.69) is 5.32 Å². The zero-order valence-electron chi connectivity index (χ0n) is 18.5. The highest BCUT2D eigenvalue weighted by Gasteiger charge is 2.31. The second kappa shape index (κ2) is 10.8. The Balaban J connectivity index is 2.76. The van der Waals surface area contributed by atoms with Gasteiger partial charge in [-0.3, -0.25) is 9.69 Å². The van der Waals surface area contributed by atoms with Gasteiger partial charge in [0.05, 0.1) is 0 Å². The summed E-state index contributed by atoms with van der Waals surface area (Å²) in [7, 11) is 1.53. The summed E-state index contributed by atoms with van der Waals surface area (Å²) in [5.74, 6) is -0.786. The molecule has 0 fully saturated rings. The molecular formula is C22H34N2O5. The summed E-state index contributed by atoms with van der Waals surface area (Å²) < 4.78 is 10.6. The van der Waals surface area contributed by atoms with Gasteiger partial charge in [0, 0.05) is 7.05 Å². The molecule has 162 valence electrons. The Morgan fingerprint density at radius 1 is 1.07 bits per heavy atom. The molecule has 7 heteroatoms. The number of carbonyl (C=O) groups excluding carboxylic acids is 3. The summed E-state index contributed by atoms with van der Waals surface area (Å²) in [5, 5.41) is 2.65. The van der Waals surface area contributed by atoms with Gasteiger partial charge in [-0.2, -0.15) is 0 Å². The molecule has 0 aliphatic rings. The predicted octanol–water partition coefficient (Wildman–Crippen LogP) is 3.52. The first-order valence-corrected chi connectivity index (χ1v) is 9.87. The maximum absolute atomic E-state index is 12.8. The molecule has 0 unspecified atom stereocenters. The van der Waals surface area contributed by atoms with E-state index in [-0.39, 0.29) is 12.5 Å². The van der Waals surface area contributed by atoms with Crippen LogP contribution in [0.15, 0.2) is 30.3 Å². The van der Waals surface area contributed by atoms with E-state index in [1.54, 1.807) is 27.7 Å². The van der Waals surface area contributed by atoms with Crippen molar-refractivity contribution in [1.29, 1.82) is 0 Å². The quantitative estimate of drug-likeness (QED) is 0.668. The van der Waals surface area contributed by atoms with Crippen molar-refractivity contribution in [3.8, 4) is 0 Å². The average Bonchev–Trinajstić information content (AvgIpc) is 2.62. The number of nitrogens with one attached hydrogen (secondary N) is 1. The topological polar surface area (TPSA) is 84.9 Å². The number of nitrogens with zero attached hydrogens (tertiary/aromatic N) is 1. The lowest BCUT2D eigenvalue weighted by Gasteiger charge is -2.29. The minimum atomic E-state index is -0.829. The average molecular weight is 407 g/mol. The molecule has 1 N–H and O–H groups in total. The fourth-order valence-corrected chi connectivity index (χ4v) is 2.59. The molecule has 0 aliphatic heterocycles. The molecule has 7 nitrogen and oxygen atoms in total. The minimum absolute atomic E-state index is 0.119. The van der Waals surface area contributed by atoms with Gasteiger partial charge in [0.25, 0.3) is 0 Å². The SMILES string of the molecule is CC(C)C[C@@H](C(=O)N[C@@H](C)C(=O)OC(C)(C)C)N(C)C(=O)OCc1ccccc1. The van der Waals surface area contributed by atoms with Gasteiger partial charge in [0.1, 0.15) is 24.3 Å². The van der Waals surface area contributed by atoms with Crippen molar-refractivity contribution in [2.45, 2.75) is 72.3 Å². The second-order valence-corrected chi connectivity index (χ2v) is 8.56. The summed E-state index contributed by atoms with van der Waals surface area (Å²) >= 11 is 0. The molecular weight excluding hydrogens is 372 g/mol.